The Bertz CT molecular complexity index is 1040. The molecular weight excluding hydrogens is 534 g/mol. The summed E-state index contributed by atoms with van der Waals surface area (Å²) in [5.41, 5.74) is 4.69. The summed E-state index contributed by atoms with van der Waals surface area (Å²) in [6.07, 6.45) is -4.00. The van der Waals surface area contributed by atoms with Crippen molar-refractivity contribution >= 4 is 29.3 Å². The molecule has 1 aliphatic heterocycles. The Morgan fingerprint density at radius 2 is 1.67 bits per heavy atom. The summed E-state index contributed by atoms with van der Waals surface area (Å²) in [5.74, 6) is -1.05. The number of amides is 3. The van der Waals surface area contributed by atoms with E-state index in [4.69, 9.17) is 0 Å². The molecule has 4 N–H and O–H groups in total. The smallest absolute Gasteiger partial charge is 0.367 e. The van der Waals surface area contributed by atoms with Crippen molar-refractivity contribution in [1.82, 2.24) is 20.3 Å². The van der Waals surface area contributed by atoms with Crippen LogP contribution < -0.4 is 26.2 Å². The van der Waals surface area contributed by atoms with Gasteiger partial charge in [-0.3, -0.25) is 15.0 Å². The third-order valence-corrected chi connectivity index (χ3v) is 4.57. The molecule has 0 radical (unpaired) electrons. The number of fused-ring (bicyclic) bond motifs is 1. The molecule has 2 aromatic heterocycles. The predicted molar refractivity (Wildman–Crippen MR) is 135 cm³/mol. The second kappa shape index (κ2) is 15.7. The Morgan fingerprint density at radius 1 is 1.03 bits per heavy atom. The van der Waals surface area contributed by atoms with Gasteiger partial charge in [-0.05, 0) is 25.5 Å². The molecule has 0 aliphatic carbocycles. The fourth-order valence-electron chi connectivity index (χ4n) is 2.94. The summed E-state index contributed by atoms with van der Waals surface area (Å²) in [6, 6.07) is 4.51. The normalized spacial score (nSPS) is 13.1. The van der Waals surface area contributed by atoms with Crippen LogP contribution in [0.3, 0.4) is 0 Å². The number of nitrogens with one attached hydrogen (secondary N) is 2. The van der Waals surface area contributed by atoms with Gasteiger partial charge in [-0.2, -0.15) is 26.3 Å². The summed E-state index contributed by atoms with van der Waals surface area (Å²) in [4.78, 5) is 40.3. The highest BCUT2D eigenvalue weighted by Crippen LogP contribution is 2.30. The van der Waals surface area contributed by atoms with Crippen molar-refractivity contribution in [3.8, 4) is 0 Å². The molecule has 16 heteroatoms. The molecule has 2 aromatic rings. The first-order valence-corrected chi connectivity index (χ1v) is 12.0. The number of anilines is 3. The van der Waals surface area contributed by atoms with Crippen LogP contribution in [0.2, 0.25) is 0 Å². The first-order valence-electron chi connectivity index (χ1n) is 12.0. The molecular formula is C23H32F6N8O2. The molecule has 0 saturated carbocycles. The number of carbonyl (C=O) groups excluding carboxylic acids is 2. The van der Waals surface area contributed by atoms with Gasteiger partial charge in [0.15, 0.2) is 5.82 Å². The van der Waals surface area contributed by atoms with Gasteiger partial charge >= 0.3 is 18.4 Å². The van der Waals surface area contributed by atoms with E-state index in [-0.39, 0.29) is 5.82 Å². The third kappa shape index (κ3) is 12.1. The lowest BCUT2D eigenvalue weighted by molar-refractivity contribution is -0.123. The summed E-state index contributed by atoms with van der Waals surface area (Å²) in [7, 11) is 0. The number of nitrogens with two attached hydrogens (primary N) is 1. The highest BCUT2D eigenvalue weighted by Gasteiger charge is 2.31. The van der Waals surface area contributed by atoms with Gasteiger partial charge in [-0.15, -0.1) is 0 Å². The average molecular weight is 567 g/mol. The van der Waals surface area contributed by atoms with Crippen LogP contribution in [-0.4, -0.2) is 72.0 Å². The molecule has 0 unspecified atom stereocenters. The number of carbonyl (C=O) groups is 2. The highest BCUT2D eigenvalue weighted by atomic mass is 19.4. The van der Waals surface area contributed by atoms with Gasteiger partial charge in [0.05, 0.1) is 18.4 Å². The number of hydrogen-bond donors (Lipinski definition) is 3. The zero-order valence-electron chi connectivity index (χ0n) is 21.7. The van der Waals surface area contributed by atoms with E-state index >= 15 is 0 Å². The molecule has 0 atom stereocenters. The maximum Gasteiger partial charge on any atom is 0.405 e. The first-order chi connectivity index (χ1) is 18.3. The molecule has 3 amide bonds. The second-order valence-electron chi connectivity index (χ2n) is 7.96. The summed E-state index contributed by atoms with van der Waals surface area (Å²) < 4.78 is 69.2. The monoisotopic (exact) mass is 566 g/mol. The number of rotatable bonds is 4. The van der Waals surface area contributed by atoms with E-state index in [2.05, 4.69) is 39.8 Å². The van der Waals surface area contributed by atoms with Crippen LogP contribution in [0, 0.1) is 0 Å². The van der Waals surface area contributed by atoms with Crippen molar-refractivity contribution in [3.63, 3.8) is 0 Å². The maximum atomic E-state index is 12.9. The van der Waals surface area contributed by atoms with Crippen LogP contribution in [0.15, 0.2) is 30.6 Å². The quantitative estimate of drug-likeness (QED) is 0.469. The molecule has 10 nitrogen and oxygen atoms in total. The number of alkyl halides is 6. The largest absolute Gasteiger partial charge is 0.405 e. The van der Waals surface area contributed by atoms with Crippen LogP contribution in [-0.2, 0) is 0 Å². The molecule has 218 valence electrons. The molecule has 0 bridgehead atoms. The van der Waals surface area contributed by atoms with E-state index in [1.807, 2.05) is 11.8 Å². The first kappa shape index (κ1) is 33.3. The van der Waals surface area contributed by atoms with Gasteiger partial charge in [0.2, 0.25) is 5.82 Å². The molecule has 1 aliphatic rings. The lowest BCUT2D eigenvalue weighted by Crippen LogP contribution is -2.38. The van der Waals surface area contributed by atoms with E-state index in [1.165, 1.54) is 23.7 Å². The van der Waals surface area contributed by atoms with Gasteiger partial charge in [0, 0.05) is 25.8 Å². The Kier molecular flexibility index (Phi) is 13.4. The van der Waals surface area contributed by atoms with E-state index in [0.717, 1.165) is 0 Å². The Hall–Kier alpha value is -3.69. The minimum Gasteiger partial charge on any atom is -0.367 e. The van der Waals surface area contributed by atoms with E-state index in [9.17, 15) is 35.9 Å². The van der Waals surface area contributed by atoms with Gasteiger partial charge in [0.25, 0.3) is 5.91 Å². The third-order valence-electron chi connectivity index (χ3n) is 4.57. The zero-order chi connectivity index (χ0) is 29.6. The standard InChI is InChI=1S/C18H20F3N7O2.C3H8.C2H4F3N/c1-2-27-8-5-9-28(17(30)25-13-6-3-4-7-22-13)15-12(27)10-23-14(26-15)16(29)24-11-18(19,20)21;1-3-2;3-2(4,5)1-6/h3-4,6-7,10H,2,5,8-9,11H2,1H3,(H,24,29)(H,22,25,30);3H2,1-2H3;1,6H2. The summed E-state index contributed by atoms with van der Waals surface area (Å²) >= 11 is 0. The molecule has 0 spiro atoms. The SMILES string of the molecule is CCC.CCN1CCCN(C(=O)Nc2ccccn2)c2nc(C(=O)NCC(F)(F)F)ncc21.NCC(F)(F)F. The summed E-state index contributed by atoms with van der Waals surface area (Å²) in [6.45, 7) is 4.95. The minimum absolute atomic E-state index is 0.148. The van der Waals surface area contributed by atoms with Crippen molar-refractivity contribution in [2.45, 2.75) is 46.0 Å². The van der Waals surface area contributed by atoms with Gasteiger partial charge in [-0.25, -0.2) is 19.7 Å². The van der Waals surface area contributed by atoms with Gasteiger partial charge in [0.1, 0.15) is 12.4 Å². The lowest BCUT2D eigenvalue weighted by atomic mass is 10.3. The second-order valence-corrected chi connectivity index (χ2v) is 7.96. The van der Waals surface area contributed by atoms with E-state index < -0.39 is 43.2 Å². The number of halogens is 6. The van der Waals surface area contributed by atoms with Crippen molar-refractivity contribution < 1.29 is 35.9 Å². The molecule has 3 rings (SSSR count). The summed E-state index contributed by atoms with van der Waals surface area (Å²) in [5, 5.41) is 4.39. The number of urea groups is 1. The maximum absolute atomic E-state index is 12.9. The van der Waals surface area contributed by atoms with Crippen LogP contribution in [0.5, 0.6) is 0 Å². The Labute approximate surface area is 222 Å². The average Bonchev–Trinajstić information content (AvgIpc) is 3.06. The Morgan fingerprint density at radius 3 is 2.18 bits per heavy atom. The highest BCUT2D eigenvalue weighted by molar-refractivity contribution is 6.03. The molecule has 0 fully saturated rings. The topological polar surface area (TPSA) is 129 Å². The van der Waals surface area contributed by atoms with Gasteiger partial charge in [-0.1, -0.05) is 26.3 Å². The van der Waals surface area contributed by atoms with Crippen LogP contribution >= 0.6 is 0 Å². The Balaban J connectivity index is 0.000000734. The van der Waals surface area contributed by atoms with Crippen molar-refractivity contribution in [1.29, 1.82) is 0 Å². The van der Waals surface area contributed by atoms with Crippen molar-refractivity contribution in [2.24, 2.45) is 5.73 Å². The zero-order valence-corrected chi connectivity index (χ0v) is 21.7. The molecule has 0 aromatic carbocycles. The molecule has 0 saturated heterocycles. The van der Waals surface area contributed by atoms with Crippen molar-refractivity contribution in [2.75, 3.05) is 47.8 Å². The molecule has 3 heterocycles. The van der Waals surface area contributed by atoms with Crippen LogP contribution in [0.4, 0.5) is 48.5 Å². The number of aromatic nitrogens is 3. The number of pyridine rings is 1. The van der Waals surface area contributed by atoms with Gasteiger partial charge < -0.3 is 16.0 Å². The van der Waals surface area contributed by atoms with Crippen LogP contribution in [0.25, 0.3) is 0 Å². The molecule has 39 heavy (non-hydrogen) atoms. The fourth-order valence-corrected chi connectivity index (χ4v) is 2.94. The number of nitrogens with zero attached hydrogens (tertiary/aromatic N) is 5. The fraction of sp³-hybridized carbons (Fsp3) is 0.522. The minimum atomic E-state index is -4.56. The van der Waals surface area contributed by atoms with Crippen LogP contribution in [0.1, 0.15) is 44.2 Å². The predicted octanol–water partition coefficient (Wildman–Crippen LogP) is 4.36. The van der Waals surface area contributed by atoms with Crippen molar-refractivity contribution in [3.05, 3.63) is 36.4 Å². The number of hydrogen-bond acceptors (Lipinski definition) is 7. The van der Waals surface area contributed by atoms with E-state index in [0.29, 0.717) is 37.6 Å². The lowest BCUT2D eigenvalue weighted by Gasteiger charge is -2.24. The van der Waals surface area contributed by atoms with E-state index in [1.54, 1.807) is 23.5 Å².